The number of carbonyl (C=O) groups excluding carboxylic acids is 1. The van der Waals surface area contributed by atoms with Crippen LogP contribution in [0.4, 0.5) is 5.95 Å². The third-order valence-electron chi connectivity index (χ3n) is 5.35. The first-order valence-electron chi connectivity index (χ1n) is 11.6. The quantitative estimate of drug-likeness (QED) is 0.268. The number of aromatic nitrogens is 3. The molecule has 1 aromatic heterocycles. The van der Waals surface area contributed by atoms with Gasteiger partial charge >= 0.3 is 5.97 Å². The molecule has 35 heavy (non-hydrogen) atoms. The second-order valence-corrected chi connectivity index (χ2v) is 9.98. The Bertz CT molecular complexity index is 1220. The maximum absolute atomic E-state index is 13.3. The Kier molecular flexibility index (Phi) is 8.03. The highest BCUT2D eigenvalue weighted by molar-refractivity contribution is 7.99. The number of fused-ring (bicyclic) bond motifs is 1. The normalized spacial score (nSPS) is 15.1. The molecule has 2 heterocycles. The van der Waals surface area contributed by atoms with Crippen LogP contribution in [0.1, 0.15) is 51.3 Å². The van der Waals surface area contributed by atoms with Gasteiger partial charge in [0, 0.05) is 22.0 Å². The minimum Gasteiger partial charge on any atom is -0.489 e. The first-order valence-corrected chi connectivity index (χ1v) is 13.0. The Hall–Kier alpha value is -2.97. The molecule has 0 bridgehead atoms. The average Bonchev–Trinajstić information content (AvgIpc) is 3.23. The summed E-state index contributed by atoms with van der Waals surface area (Å²) < 4.78 is 13.6. The Labute approximate surface area is 214 Å². The van der Waals surface area contributed by atoms with Crippen LogP contribution in [0.25, 0.3) is 0 Å². The van der Waals surface area contributed by atoms with Crippen LogP contribution in [0.5, 0.6) is 5.75 Å². The van der Waals surface area contributed by atoms with E-state index in [1.165, 1.54) is 0 Å². The number of para-hydroxylation sites is 1. The molecule has 0 saturated carbocycles. The van der Waals surface area contributed by atoms with Crippen molar-refractivity contribution in [1.82, 2.24) is 14.8 Å². The summed E-state index contributed by atoms with van der Waals surface area (Å²) in [6.07, 6.45) is 0.753. The zero-order valence-electron chi connectivity index (χ0n) is 20.2. The van der Waals surface area contributed by atoms with Crippen LogP contribution in [0, 0.1) is 0 Å². The summed E-state index contributed by atoms with van der Waals surface area (Å²) in [7, 11) is 0. The van der Waals surface area contributed by atoms with Gasteiger partial charge in [0.1, 0.15) is 18.4 Å². The molecule has 2 aromatic carbocycles. The second-order valence-electron chi connectivity index (χ2n) is 8.48. The molecule has 0 aliphatic carbocycles. The van der Waals surface area contributed by atoms with Crippen molar-refractivity contribution in [3.05, 3.63) is 76.0 Å². The highest BCUT2D eigenvalue weighted by Gasteiger charge is 2.37. The SMILES string of the molecule is CCCSc1nc2n(n1)C(c1ccccc1OCc1ccc(Cl)cc1)C(C(=O)OC(C)C)=C(C)N2. The van der Waals surface area contributed by atoms with E-state index in [1.807, 2.05) is 69.3 Å². The van der Waals surface area contributed by atoms with E-state index in [0.29, 0.717) is 39.8 Å². The zero-order chi connectivity index (χ0) is 24.9. The number of allylic oxidation sites excluding steroid dienone is 1. The van der Waals surface area contributed by atoms with Crippen molar-refractivity contribution in [2.24, 2.45) is 0 Å². The van der Waals surface area contributed by atoms with Gasteiger partial charge in [-0.3, -0.25) is 0 Å². The fourth-order valence-corrected chi connectivity index (χ4v) is 4.60. The third kappa shape index (κ3) is 5.82. The monoisotopic (exact) mass is 512 g/mol. The Morgan fingerprint density at radius 1 is 1.20 bits per heavy atom. The third-order valence-corrected chi connectivity index (χ3v) is 6.65. The van der Waals surface area contributed by atoms with Crippen molar-refractivity contribution in [1.29, 1.82) is 0 Å². The van der Waals surface area contributed by atoms with Crippen LogP contribution < -0.4 is 10.1 Å². The second kappa shape index (κ2) is 11.2. The number of hydrogen-bond donors (Lipinski definition) is 1. The highest BCUT2D eigenvalue weighted by atomic mass is 35.5. The Balaban J connectivity index is 1.75. The molecule has 0 fully saturated rings. The lowest BCUT2D eigenvalue weighted by molar-refractivity contribution is -0.143. The molecule has 4 rings (SSSR count). The fraction of sp³-hybridized carbons (Fsp3) is 0.346. The van der Waals surface area contributed by atoms with Gasteiger partial charge in [-0.05, 0) is 51.0 Å². The van der Waals surface area contributed by atoms with Crippen LogP contribution >= 0.6 is 23.4 Å². The lowest BCUT2D eigenvalue weighted by Crippen LogP contribution is -2.31. The van der Waals surface area contributed by atoms with Gasteiger partial charge in [-0.15, -0.1) is 5.10 Å². The maximum Gasteiger partial charge on any atom is 0.338 e. The first kappa shape index (κ1) is 25.1. The molecule has 9 heteroatoms. The summed E-state index contributed by atoms with van der Waals surface area (Å²) in [6.45, 7) is 8.00. The molecule has 7 nitrogen and oxygen atoms in total. The van der Waals surface area contributed by atoms with Crippen molar-refractivity contribution >= 4 is 35.3 Å². The number of nitrogens with zero attached hydrogens (tertiary/aromatic N) is 3. The molecule has 1 aliphatic rings. The lowest BCUT2D eigenvalue weighted by Gasteiger charge is -2.29. The number of halogens is 1. The number of anilines is 1. The summed E-state index contributed by atoms with van der Waals surface area (Å²) in [6, 6.07) is 14.7. The molecule has 0 saturated heterocycles. The van der Waals surface area contributed by atoms with E-state index in [2.05, 4.69) is 17.2 Å². The molecule has 0 amide bonds. The van der Waals surface area contributed by atoms with Crippen molar-refractivity contribution < 1.29 is 14.3 Å². The minimum absolute atomic E-state index is 0.257. The summed E-state index contributed by atoms with van der Waals surface area (Å²) in [5, 5.41) is 9.33. The van der Waals surface area contributed by atoms with Gasteiger partial charge < -0.3 is 14.8 Å². The molecule has 1 atom stereocenters. The highest BCUT2D eigenvalue weighted by Crippen LogP contribution is 2.40. The summed E-state index contributed by atoms with van der Waals surface area (Å²) in [5.41, 5.74) is 2.95. The number of rotatable bonds is 9. The van der Waals surface area contributed by atoms with Crippen LogP contribution in [-0.2, 0) is 16.1 Å². The number of thioether (sulfide) groups is 1. The van der Waals surface area contributed by atoms with Crippen molar-refractivity contribution in [2.45, 2.75) is 58.0 Å². The van der Waals surface area contributed by atoms with E-state index in [1.54, 1.807) is 16.4 Å². The summed E-state index contributed by atoms with van der Waals surface area (Å²) in [4.78, 5) is 17.9. The standard InChI is InChI=1S/C26H29ClN4O3S/c1-5-14-35-26-29-25-28-17(4)22(24(32)34-16(2)3)23(31(25)30-26)20-8-6-7-9-21(20)33-15-18-10-12-19(27)13-11-18/h6-13,16,23H,5,14-15H2,1-4H3,(H,28,29,30). The van der Waals surface area contributed by atoms with Gasteiger partial charge in [-0.1, -0.05) is 60.6 Å². The molecule has 1 N–H and O–H groups in total. The van der Waals surface area contributed by atoms with Crippen LogP contribution in [0.15, 0.2) is 65.0 Å². The number of carbonyl (C=O) groups is 1. The van der Waals surface area contributed by atoms with Crippen molar-refractivity contribution in [3.8, 4) is 5.75 Å². The van der Waals surface area contributed by atoms with E-state index in [4.69, 9.17) is 26.2 Å². The van der Waals surface area contributed by atoms with Gasteiger partial charge in [0.15, 0.2) is 0 Å². The molecular weight excluding hydrogens is 484 g/mol. The van der Waals surface area contributed by atoms with Crippen LogP contribution in [0.3, 0.4) is 0 Å². The maximum atomic E-state index is 13.3. The predicted molar refractivity (Wildman–Crippen MR) is 139 cm³/mol. The topological polar surface area (TPSA) is 78.3 Å². The summed E-state index contributed by atoms with van der Waals surface area (Å²) in [5.74, 6) is 1.75. The van der Waals surface area contributed by atoms with Crippen LogP contribution in [-0.4, -0.2) is 32.6 Å². The molecule has 3 aromatic rings. The van der Waals surface area contributed by atoms with Gasteiger partial charge in [0.2, 0.25) is 11.1 Å². The number of benzene rings is 2. The number of ether oxygens (including phenoxy) is 2. The van der Waals surface area contributed by atoms with Gasteiger partial charge in [-0.25, -0.2) is 9.48 Å². The Morgan fingerprint density at radius 2 is 1.94 bits per heavy atom. The first-order chi connectivity index (χ1) is 16.9. The Morgan fingerprint density at radius 3 is 2.66 bits per heavy atom. The minimum atomic E-state index is -0.553. The molecule has 0 spiro atoms. The lowest BCUT2D eigenvalue weighted by atomic mass is 9.95. The van der Waals surface area contributed by atoms with Crippen molar-refractivity contribution in [3.63, 3.8) is 0 Å². The van der Waals surface area contributed by atoms with E-state index >= 15 is 0 Å². The number of esters is 1. The van der Waals surface area contributed by atoms with E-state index < -0.39 is 12.0 Å². The predicted octanol–water partition coefficient (Wildman–Crippen LogP) is 6.25. The van der Waals surface area contributed by atoms with Gasteiger partial charge in [0.25, 0.3) is 0 Å². The zero-order valence-corrected chi connectivity index (χ0v) is 21.8. The fourth-order valence-electron chi connectivity index (χ4n) is 3.79. The molecular formula is C26H29ClN4O3S. The van der Waals surface area contributed by atoms with Gasteiger partial charge in [0.05, 0.1) is 11.7 Å². The molecule has 1 unspecified atom stereocenters. The van der Waals surface area contributed by atoms with Crippen LogP contribution in [0.2, 0.25) is 5.02 Å². The number of hydrogen-bond acceptors (Lipinski definition) is 7. The molecule has 0 radical (unpaired) electrons. The smallest absolute Gasteiger partial charge is 0.338 e. The van der Waals surface area contributed by atoms with Gasteiger partial charge in [-0.2, -0.15) is 4.98 Å². The summed E-state index contributed by atoms with van der Waals surface area (Å²) >= 11 is 7.61. The largest absolute Gasteiger partial charge is 0.489 e. The molecule has 184 valence electrons. The van der Waals surface area contributed by atoms with E-state index in [-0.39, 0.29) is 6.10 Å². The number of nitrogens with one attached hydrogen (secondary N) is 1. The van der Waals surface area contributed by atoms with E-state index in [0.717, 1.165) is 23.3 Å². The average molecular weight is 513 g/mol. The molecule has 1 aliphatic heterocycles. The van der Waals surface area contributed by atoms with E-state index in [9.17, 15) is 4.79 Å². The van der Waals surface area contributed by atoms with Crippen molar-refractivity contribution in [2.75, 3.05) is 11.1 Å².